The number of benzene rings is 1. The predicted octanol–water partition coefficient (Wildman–Crippen LogP) is -0.284. The van der Waals surface area contributed by atoms with Crippen molar-refractivity contribution < 1.29 is 18.1 Å². The molecule has 3 N–H and O–H groups in total. The van der Waals surface area contributed by atoms with Crippen molar-refractivity contribution in [1.29, 1.82) is 0 Å². The van der Waals surface area contributed by atoms with E-state index in [0.29, 0.717) is 0 Å². The number of rotatable bonds is 2. The van der Waals surface area contributed by atoms with E-state index in [1.807, 2.05) is 6.07 Å². The monoisotopic (exact) mass is 271 g/mol. The lowest BCUT2D eigenvalue weighted by molar-refractivity contribution is -0.382. The van der Waals surface area contributed by atoms with Crippen molar-refractivity contribution >= 4 is 11.6 Å². The molecular weight excluding hydrogens is 253 g/mol. The van der Waals surface area contributed by atoms with Crippen molar-refractivity contribution in [3.63, 3.8) is 0 Å². The molecule has 1 aromatic rings. The van der Waals surface area contributed by atoms with Crippen LogP contribution in [0.3, 0.4) is 0 Å². The van der Waals surface area contributed by atoms with Gasteiger partial charge in [-0.05, 0) is 54.7 Å². The fourth-order valence-electron chi connectivity index (χ4n) is 4.06. The Morgan fingerprint density at radius 3 is 2.71 bits per heavy atom. The zero-order valence-electron chi connectivity index (χ0n) is 9.91. The predicted molar refractivity (Wildman–Crippen MR) is 66.3 cm³/mol. The smallest absolute Gasteiger partial charge is 0.0777 e. The number of hydrogen-bond donors (Lipinski definition) is 1. The van der Waals surface area contributed by atoms with Gasteiger partial charge in [-0.15, -0.1) is 0 Å². The van der Waals surface area contributed by atoms with Gasteiger partial charge in [0, 0.05) is 10.9 Å². The van der Waals surface area contributed by atoms with E-state index in [-0.39, 0.29) is 12.4 Å². The summed E-state index contributed by atoms with van der Waals surface area (Å²) in [7, 11) is 0. The molecule has 2 aliphatic carbocycles. The zero-order valence-corrected chi connectivity index (χ0v) is 11.4. The molecule has 0 radical (unpaired) electrons. The van der Waals surface area contributed by atoms with Crippen LogP contribution in [0.2, 0.25) is 5.02 Å². The molecule has 3 rings (SSSR count). The third-order valence-electron chi connectivity index (χ3n) is 4.66. The summed E-state index contributed by atoms with van der Waals surface area (Å²) in [5, 5.41) is 0.878. The topological polar surface area (TPSA) is 27.6 Å². The minimum Gasteiger partial charge on any atom is -1.00 e. The van der Waals surface area contributed by atoms with Gasteiger partial charge in [0.05, 0.1) is 6.54 Å². The summed E-state index contributed by atoms with van der Waals surface area (Å²) < 4.78 is 0. The van der Waals surface area contributed by atoms with Crippen LogP contribution < -0.4 is 18.1 Å². The minimum absolute atomic E-state index is 0. The SMILES string of the molecule is [Cl-].[NH3+]C[C@H]1[C@@H]2CC[C@@H](C2)[C@@H]1c1cccc(Cl)c1. The quantitative estimate of drug-likeness (QED) is 0.766. The lowest BCUT2D eigenvalue weighted by Crippen LogP contribution is -3.00. The fraction of sp³-hybridized carbons (Fsp3) is 0.571. The Hall–Kier alpha value is -0.240. The van der Waals surface area contributed by atoms with E-state index >= 15 is 0 Å². The molecule has 2 fully saturated rings. The molecule has 1 nitrogen and oxygen atoms in total. The minimum atomic E-state index is 0. The van der Waals surface area contributed by atoms with Gasteiger partial charge in [0.2, 0.25) is 0 Å². The summed E-state index contributed by atoms with van der Waals surface area (Å²) in [6, 6.07) is 8.47. The molecular formula is C14H19Cl2N. The molecule has 17 heavy (non-hydrogen) atoms. The largest absolute Gasteiger partial charge is 1.00 e. The number of quaternary nitrogens is 1. The zero-order chi connectivity index (χ0) is 11.1. The molecule has 1 aromatic carbocycles. The van der Waals surface area contributed by atoms with Gasteiger partial charge in [-0.1, -0.05) is 23.7 Å². The van der Waals surface area contributed by atoms with Gasteiger partial charge in [0.1, 0.15) is 0 Å². The average Bonchev–Trinajstić information content (AvgIpc) is 2.88. The Bertz CT molecular complexity index is 394. The van der Waals surface area contributed by atoms with Crippen molar-refractivity contribution in [3.05, 3.63) is 34.9 Å². The molecule has 0 saturated heterocycles. The van der Waals surface area contributed by atoms with Crippen LogP contribution in [0.25, 0.3) is 0 Å². The van der Waals surface area contributed by atoms with E-state index in [1.165, 1.54) is 24.8 Å². The second kappa shape index (κ2) is 5.17. The van der Waals surface area contributed by atoms with E-state index in [4.69, 9.17) is 11.6 Å². The van der Waals surface area contributed by atoms with Crippen LogP contribution in [0, 0.1) is 17.8 Å². The molecule has 0 aliphatic heterocycles. The Morgan fingerprint density at radius 2 is 2.00 bits per heavy atom. The van der Waals surface area contributed by atoms with Crippen LogP contribution in [-0.2, 0) is 0 Å². The van der Waals surface area contributed by atoms with Crippen molar-refractivity contribution in [2.24, 2.45) is 17.8 Å². The van der Waals surface area contributed by atoms with Gasteiger partial charge in [0.15, 0.2) is 0 Å². The van der Waals surface area contributed by atoms with E-state index < -0.39 is 0 Å². The summed E-state index contributed by atoms with van der Waals surface area (Å²) in [6.07, 6.45) is 4.28. The maximum Gasteiger partial charge on any atom is 0.0777 e. The maximum atomic E-state index is 6.10. The Morgan fingerprint density at radius 1 is 1.24 bits per heavy atom. The molecule has 94 valence electrons. The van der Waals surface area contributed by atoms with Crippen LogP contribution in [0.1, 0.15) is 30.7 Å². The normalized spacial score (nSPS) is 34.7. The first-order chi connectivity index (χ1) is 7.79. The van der Waals surface area contributed by atoms with Crippen molar-refractivity contribution in [1.82, 2.24) is 0 Å². The first kappa shape index (κ1) is 13.2. The van der Waals surface area contributed by atoms with Gasteiger partial charge in [-0.25, -0.2) is 0 Å². The van der Waals surface area contributed by atoms with Crippen LogP contribution in [-0.4, -0.2) is 6.54 Å². The number of fused-ring (bicyclic) bond motifs is 2. The second-order valence-corrected chi connectivity index (χ2v) is 5.80. The summed E-state index contributed by atoms with van der Waals surface area (Å²) in [5.41, 5.74) is 5.60. The highest BCUT2D eigenvalue weighted by Crippen LogP contribution is 2.56. The lowest BCUT2D eigenvalue weighted by atomic mass is 9.75. The maximum absolute atomic E-state index is 6.10. The van der Waals surface area contributed by atoms with E-state index in [2.05, 4.69) is 23.9 Å². The van der Waals surface area contributed by atoms with Crippen molar-refractivity contribution in [2.45, 2.75) is 25.2 Å². The van der Waals surface area contributed by atoms with E-state index in [0.717, 1.165) is 35.2 Å². The third kappa shape index (κ3) is 2.21. The first-order valence-electron chi connectivity index (χ1n) is 6.34. The molecule has 3 heteroatoms. The van der Waals surface area contributed by atoms with E-state index in [1.54, 1.807) is 0 Å². The molecule has 0 amide bonds. The van der Waals surface area contributed by atoms with Gasteiger partial charge < -0.3 is 18.1 Å². The molecule has 0 unspecified atom stereocenters. The second-order valence-electron chi connectivity index (χ2n) is 5.37. The average molecular weight is 272 g/mol. The molecule has 0 heterocycles. The lowest BCUT2D eigenvalue weighted by Gasteiger charge is -2.29. The van der Waals surface area contributed by atoms with Crippen LogP contribution in [0.15, 0.2) is 24.3 Å². The van der Waals surface area contributed by atoms with Crippen LogP contribution in [0.5, 0.6) is 0 Å². The van der Waals surface area contributed by atoms with Crippen molar-refractivity contribution in [2.75, 3.05) is 6.54 Å². The Balaban J connectivity index is 0.00000108. The Labute approximate surface area is 114 Å². The molecule has 0 aromatic heterocycles. The van der Waals surface area contributed by atoms with Crippen molar-refractivity contribution in [3.8, 4) is 0 Å². The molecule has 2 aliphatic rings. The van der Waals surface area contributed by atoms with Gasteiger partial charge in [-0.2, -0.15) is 0 Å². The fourth-order valence-corrected chi connectivity index (χ4v) is 4.26. The third-order valence-corrected chi connectivity index (χ3v) is 4.89. The molecule has 2 saturated carbocycles. The first-order valence-corrected chi connectivity index (χ1v) is 6.72. The molecule has 2 bridgehead atoms. The summed E-state index contributed by atoms with van der Waals surface area (Å²) >= 11 is 6.10. The molecule has 0 spiro atoms. The van der Waals surface area contributed by atoms with Gasteiger partial charge >= 0.3 is 0 Å². The molecule has 4 atom stereocenters. The number of halogens is 2. The summed E-state index contributed by atoms with van der Waals surface area (Å²) in [6.45, 7) is 1.08. The summed E-state index contributed by atoms with van der Waals surface area (Å²) in [4.78, 5) is 0. The van der Waals surface area contributed by atoms with Crippen LogP contribution >= 0.6 is 11.6 Å². The highest BCUT2D eigenvalue weighted by Gasteiger charge is 2.48. The van der Waals surface area contributed by atoms with Crippen LogP contribution in [0.4, 0.5) is 0 Å². The number of hydrogen-bond acceptors (Lipinski definition) is 0. The van der Waals surface area contributed by atoms with E-state index in [9.17, 15) is 0 Å². The summed E-state index contributed by atoms with van der Waals surface area (Å²) in [5.74, 6) is 3.37. The Kier molecular flexibility index (Phi) is 4.02. The highest BCUT2D eigenvalue weighted by molar-refractivity contribution is 6.30. The standard InChI is InChI=1S/C14H18ClN.ClH/c15-12-3-1-2-10(7-12)14-11-5-4-9(6-11)13(14)8-16;/h1-3,7,9,11,13-14H,4-6,8,16H2;1H/t9-,11+,13+,14+;/m1./s1. The van der Waals surface area contributed by atoms with Gasteiger partial charge in [-0.3, -0.25) is 0 Å². The van der Waals surface area contributed by atoms with Gasteiger partial charge in [0.25, 0.3) is 0 Å². The highest BCUT2D eigenvalue weighted by atomic mass is 35.5.